The molecule has 2 aromatic rings. The Labute approximate surface area is 116 Å². The van der Waals surface area contributed by atoms with Gasteiger partial charge < -0.3 is 5.11 Å². The number of hydrogen-bond donors (Lipinski definition) is 1. The quantitative estimate of drug-likeness (QED) is 0.915. The van der Waals surface area contributed by atoms with Crippen LogP contribution in [0.15, 0.2) is 36.4 Å². The fourth-order valence-corrected chi connectivity index (χ4v) is 1.97. The molecule has 0 saturated heterocycles. The third kappa shape index (κ3) is 3.85. The van der Waals surface area contributed by atoms with E-state index in [-0.39, 0.29) is 18.6 Å². The molecule has 0 saturated carbocycles. The molecule has 0 aliphatic rings. The highest BCUT2D eigenvalue weighted by atomic mass is 19.1. The molecule has 20 heavy (non-hydrogen) atoms. The Morgan fingerprint density at radius 1 is 1.05 bits per heavy atom. The highest BCUT2D eigenvalue weighted by Gasteiger charge is 2.08. The number of rotatable bonds is 2. The van der Waals surface area contributed by atoms with Gasteiger partial charge in [0.2, 0.25) is 0 Å². The lowest BCUT2D eigenvalue weighted by Crippen LogP contribution is -1.91. The number of aliphatic hydroxyl groups excluding tert-OH is 1. The van der Waals surface area contributed by atoms with Crippen molar-refractivity contribution in [1.29, 1.82) is 0 Å². The summed E-state index contributed by atoms with van der Waals surface area (Å²) in [7, 11) is 0. The van der Waals surface area contributed by atoms with Crippen LogP contribution in [0.5, 0.6) is 0 Å². The molecule has 2 rings (SSSR count). The zero-order chi connectivity index (χ0) is 15.1. The molecule has 0 amide bonds. The van der Waals surface area contributed by atoms with Crippen molar-refractivity contribution in [3.63, 3.8) is 0 Å². The summed E-state index contributed by atoms with van der Waals surface area (Å²) in [6.07, 6.45) is 0.250. The second-order valence-corrected chi connectivity index (χ2v) is 4.37. The van der Waals surface area contributed by atoms with Crippen molar-refractivity contribution < 1.29 is 19.1 Å². The summed E-state index contributed by atoms with van der Waals surface area (Å²) in [5.41, 5.74) is 4.35. The summed E-state index contributed by atoms with van der Waals surface area (Å²) < 4.78 is 13.8. The Kier molecular flexibility index (Phi) is 5.78. The first kappa shape index (κ1) is 15.8. The molecule has 0 unspecified atom stereocenters. The van der Waals surface area contributed by atoms with Crippen LogP contribution in [-0.2, 0) is 16.2 Å². The Morgan fingerprint density at radius 2 is 1.70 bits per heavy atom. The average Bonchev–Trinajstić information content (AvgIpc) is 2.42. The fourth-order valence-electron chi connectivity index (χ4n) is 1.97. The lowest BCUT2D eigenvalue weighted by molar-refractivity contribution is -0.191. The van der Waals surface area contributed by atoms with E-state index in [1.54, 1.807) is 6.07 Å². The first-order valence-electron chi connectivity index (χ1n) is 5.99. The van der Waals surface area contributed by atoms with Gasteiger partial charge in [-0.1, -0.05) is 29.8 Å². The molecule has 0 bridgehead atoms. The molecule has 0 fully saturated rings. The van der Waals surface area contributed by atoms with Crippen LogP contribution in [0.25, 0.3) is 11.1 Å². The van der Waals surface area contributed by atoms with E-state index >= 15 is 0 Å². The number of halogens is 1. The van der Waals surface area contributed by atoms with Crippen molar-refractivity contribution in [2.75, 3.05) is 0 Å². The summed E-state index contributed by atoms with van der Waals surface area (Å²) in [6.45, 7) is 3.88. The van der Waals surface area contributed by atoms with E-state index < -0.39 is 0 Å². The fraction of sp³-hybridized carbons (Fsp3) is 0.188. The van der Waals surface area contributed by atoms with E-state index in [1.807, 2.05) is 38.1 Å². The van der Waals surface area contributed by atoms with E-state index in [0.717, 1.165) is 22.3 Å². The third-order valence-electron chi connectivity index (χ3n) is 2.89. The summed E-state index contributed by atoms with van der Waals surface area (Å²) in [5.74, 6) is -0.213. The van der Waals surface area contributed by atoms with E-state index in [2.05, 4.69) is 0 Å². The van der Waals surface area contributed by atoms with Gasteiger partial charge in [0.1, 0.15) is 5.82 Å². The average molecular weight is 274 g/mol. The minimum atomic E-state index is -0.213. The van der Waals surface area contributed by atoms with Crippen molar-refractivity contribution in [2.45, 2.75) is 20.5 Å². The van der Waals surface area contributed by atoms with Crippen LogP contribution in [0.2, 0.25) is 0 Å². The van der Waals surface area contributed by atoms with Crippen molar-refractivity contribution in [1.82, 2.24) is 0 Å². The minimum absolute atomic E-state index is 0.0113. The Hall–Kier alpha value is -2.29. The van der Waals surface area contributed by atoms with E-state index in [1.165, 1.54) is 6.07 Å². The Morgan fingerprint density at radius 3 is 2.25 bits per heavy atom. The normalized spacial score (nSPS) is 9.40. The number of hydrogen-bond acceptors (Lipinski definition) is 3. The monoisotopic (exact) mass is 274 g/mol. The molecule has 0 aliphatic carbocycles. The number of aliphatic hydroxyl groups is 1. The molecule has 0 aliphatic heterocycles. The molecule has 0 heterocycles. The topological polar surface area (TPSA) is 54.4 Å². The van der Waals surface area contributed by atoms with Gasteiger partial charge in [0, 0.05) is 5.56 Å². The highest BCUT2D eigenvalue weighted by Crippen LogP contribution is 2.27. The van der Waals surface area contributed by atoms with Crippen LogP contribution in [-0.4, -0.2) is 11.3 Å². The van der Waals surface area contributed by atoms with Gasteiger partial charge in [-0.3, -0.25) is 0 Å². The number of benzene rings is 2. The molecule has 4 heteroatoms. The van der Waals surface area contributed by atoms with Gasteiger partial charge in [-0.05, 0) is 42.7 Å². The first-order chi connectivity index (χ1) is 9.53. The van der Waals surface area contributed by atoms with Crippen molar-refractivity contribution in [3.05, 3.63) is 58.9 Å². The lowest BCUT2D eigenvalue weighted by Gasteiger charge is -2.09. The molecule has 104 valence electrons. The van der Waals surface area contributed by atoms with Crippen molar-refractivity contribution in [3.8, 4) is 11.1 Å². The minimum Gasteiger partial charge on any atom is -0.392 e. The third-order valence-corrected chi connectivity index (χ3v) is 2.89. The second kappa shape index (κ2) is 7.34. The number of aryl methyl sites for hydroxylation is 2. The molecule has 2 aromatic carbocycles. The van der Waals surface area contributed by atoms with Gasteiger partial charge in [0.15, 0.2) is 0 Å². The Bertz CT molecular complexity index is 630. The number of carbonyl (C=O) groups excluding carboxylic acids is 2. The smallest absolute Gasteiger partial charge is 0.373 e. The summed E-state index contributed by atoms with van der Waals surface area (Å²) in [5, 5.41) is 9.05. The zero-order valence-corrected chi connectivity index (χ0v) is 11.3. The van der Waals surface area contributed by atoms with Gasteiger partial charge >= 0.3 is 6.15 Å². The largest absolute Gasteiger partial charge is 0.392 e. The zero-order valence-electron chi connectivity index (χ0n) is 11.3. The standard InChI is InChI=1S/C15H15FO.CO2/c1-10-3-6-15(16)14(7-10)13-5-4-12(9-17)8-11(13)2;2-1-3/h3-8,17H,9H2,1-2H3;. The van der Waals surface area contributed by atoms with Gasteiger partial charge in [-0.25, -0.2) is 4.39 Å². The van der Waals surface area contributed by atoms with Gasteiger partial charge in [0.05, 0.1) is 6.61 Å². The summed E-state index contributed by atoms with van der Waals surface area (Å²) >= 11 is 0. The van der Waals surface area contributed by atoms with Crippen LogP contribution in [0.1, 0.15) is 16.7 Å². The van der Waals surface area contributed by atoms with Gasteiger partial charge in [0.25, 0.3) is 0 Å². The first-order valence-corrected chi connectivity index (χ1v) is 5.99. The van der Waals surface area contributed by atoms with E-state index in [0.29, 0.717) is 5.56 Å². The van der Waals surface area contributed by atoms with Crippen LogP contribution >= 0.6 is 0 Å². The van der Waals surface area contributed by atoms with Crippen LogP contribution in [0.4, 0.5) is 4.39 Å². The molecule has 0 atom stereocenters. The van der Waals surface area contributed by atoms with Crippen LogP contribution in [0.3, 0.4) is 0 Å². The van der Waals surface area contributed by atoms with E-state index in [9.17, 15) is 4.39 Å². The van der Waals surface area contributed by atoms with Gasteiger partial charge in [-0.15, -0.1) is 0 Å². The molecular formula is C16H15FO3. The maximum atomic E-state index is 13.8. The molecule has 0 aromatic heterocycles. The van der Waals surface area contributed by atoms with E-state index in [4.69, 9.17) is 14.7 Å². The SMILES string of the molecule is Cc1ccc(F)c(-c2ccc(CO)cc2C)c1.O=C=O. The molecule has 1 N–H and O–H groups in total. The molecule has 0 spiro atoms. The van der Waals surface area contributed by atoms with Crippen molar-refractivity contribution in [2.24, 2.45) is 0 Å². The molecular weight excluding hydrogens is 259 g/mol. The maximum Gasteiger partial charge on any atom is 0.373 e. The summed E-state index contributed by atoms with van der Waals surface area (Å²) in [6, 6.07) is 10.7. The van der Waals surface area contributed by atoms with Crippen LogP contribution < -0.4 is 0 Å². The Balaban J connectivity index is 0.000000612. The highest BCUT2D eigenvalue weighted by molar-refractivity contribution is 5.68. The van der Waals surface area contributed by atoms with Crippen LogP contribution in [0, 0.1) is 19.7 Å². The lowest BCUT2D eigenvalue weighted by atomic mass is 9.97. The predicted octanol–water partition coefficient (Wildman–Crippen LogP) is 3.02. The maximum absolute atomic E-state index is 13.8. The molecule has 3 nitrogen and oxygen atoms in total. The second-order valence-electron chi connectivity index (χ2n) is 4.37. The summed E-state index contributed by atoms with van der Waals surface area (Å²) in [4.78, 5) is 16.2. The predicted molar refractivity (Wildman–Crippen MR) is 72.2 cm³/mol. The van der Waals surface area contributed by atoms with Crippen molar-refractivity contribution >= 4 is 6.15 Å². The molecule has 0 radical (unpaired) electrons. The van der Waals surface area contributed by atoms with Gasteiger partial charge in [-0.2, -0.15) is 9.59 Å².